The minimum Gasteiger partial charge on any atom is -0.507 e. The molecule has 0 radical (unpaired) electrons. The molecule has 1 atom stereocenters. The van der Waals surface area contributed by atoms with Crippen molar-refractivity contribution in [2.45, 2.75) is 19.8 Å². The minimum absolute atomic E-state index is 0.0233. The molecule has 0 saturated carbocycles. The standard InChI is InChI=1S/C21H23NO4/c1-14(24)19-11-18(8-9-20(19)25)16-4-6-17(7-5-16)21(26)22-10-2-3-15(12-22)13-23/h4-9,11,15,23,25H,2-3,10,12-13H2,1H3. The van der Waals surface area contributed by atoms with E-state index in [-0.39, 0.29) is 35.5 Å². The van der Waals surface area contributed by atoms with Gasteiger partial charge in [0.2, 0.25) is 0 Å². The maximum Gasteiger partial charge on any atom is 0.253 e. The first-order chi connectivity index (χ1) is 12.5. The Morgan fingerprint density at radius 2 is 1.81 bits per heavy atom. The number of aliphatic hydroxyl groups excluding tert-OH is 1. The van der Waals surface area contributed by atoms with Crippen molar-refractivity contribution >= 4 is 11.7 Å². The number of rotatable bonds is 4. The van der Waals surface area contributed by atoms with Crippen LogP contribution < -0.4 is 0 Å². The van der Waals surface area contributed by atoms with Gasteiger partial charge in [-0.15, -0.1) is 0 Å². The smallest absolute Gasteiger partial charge is 0.253 e. The highest BCUT2D eigenvalue weighted by atomic mass is 16.3. The topological polar surface area (TPSA) is 77.8 Å². The van der Waals surface area contributed by atoms with Gasteiger partial charge in [0, 0.05) is 25.3 Å². The molecule has 2 aromatic rings. The number of aromatic hydroxyl groups is 1. The summed E-state index contributed by atoms with van der Waals surface area (Å²) in [6.07, 6.45) is 1.87. The van der Waals surface area contributed by atoms with Gasteiger partial charge in [-0.2, -0.15) is 0 Å². The lowest BCUT2D eigenvalue weighted by atomic mass is 9.97. The maximum absolute atomic E-state index is 12.7. The summed E-state index contributed by atoms with van der Waals surface area (Å²) in [4.78, 5) is 26.1. The second-order valence-corrected chi connectivity index (χ2v) is 6.81. The van der Waals surface area contributed by atoms with Crippen LogP contribution in [0.25, 0.3) is 11.1 Å². The molecule has 0 bridgehead atoms. The maximum atomic E-state index is 12.7. The molecule has 1 amide bonds. The Balaban J connectivity index is 1.79. The predicted molar refractivity (Wildman–Crippen MR) is 99.3 cm³/mol. The Kier molecular flexibility index (Phi) is 5.38. The highest BCUT2D eigenvalue weighted by Crippen LogP contribution is 2.27. The quantitative estimate of drug-likeness (QED) is 0.828. The van der Waals surface area contributed by atoms with Crippen molar-refractivity contribution < 1.29 is 19.8 Å². The van der Waals surface area contributed by atoms with Gasteiger partial charge in [-0.25, -0.2) is 0 Å². The molecule has 1 fully saturated rings. The molecular formula is C21H23NO4. The van der Waals surface area contributed by atoms with Gasteiger partial charge in [-0.3, -0.25) is 9.59 Å². The van der Waals surface area contributed by atoms with E-state index in [4.69, 9.17) is 0 Å². The number of benzene rings is 2. The fraction of sp³-hybridized carbons (Fsp3) is 0.333. The molecule has 2 N–H and O–H groups in total. The summed E-state index contributed by atoms with van der Waals surface area (Å²) in [5, 5.41) is 19.1. The van der Waals surface area contributed by atoms with Gasteiger partial charge in [0.05, 0.1) is 5.56 Å². The van der Waals surface area contributed by atoms with Crippen LogP contribution in [-0.2, 0) is 0 Å². The third-order valence-corrected chi connectivity index (χ3v) is 4.91. The molecule has 0 aromatic heterocycles. The van der Waals surface area contributed by atoms with Crippen LogP contribution in [0.15, 0.2) is 42.5 Å². The highest BCUT2D eigenvalue weighted by molar-refractivity contribution is 5.98. The van der Waals surface area contributed by atoms with Crippen molar-refractivity contribution in [3.63, 3.8) is 0 Å². The number of aliphatic hydroxyl groups is 1. The average molecular weight is 353 g/mol. The number of carbonyl (C=O) groups excluding carboxylic acids is 2. The number of Topliss-reactive ketones (excluding diaryl/α,β-unsaturated/α-hetero) is 1. The van der Waals surface area contributed by atoms with Crippen molar-refractivity contribution in [2.24, 2.45) is 5.92 Å². The van der Waals surface area contributed by atoms with E-state index >= 15 is 0 Å². The largest absolute Gasteiger partial charge is 0.507 e. The monoisotopic (exact) mass is 353 g/mol. The number of phenolic OH excluding ortho intramolecular Hbond substituents is 1. The SMILES string of the molecule is CC(=O)c1cc(-c2ccc(C(=O)N3CCCC(CO)C3)cc2)ccc1O. The zero-order chi connectivity index (χ0) is 18.7. The number of amides is 1. The summed E-state index contributed by atoms with van der Waals surface area (Å²) in [6.45, 7) is 2.84. The Morgan fingerprint density at radius 1 is 1.12 bits per heavy atom. The van der Waals surface area contributed by atoms with Crippen LogP contribution in [0.4, 0.5) is 0 Å². The lowest BCUT2D eigenvalue weighted by Gasteiger charge is -2.32. The van der Waals surface area contributed by atoms with Crippen LogP contribution in [0.1, 0.15) is 40.5 Å². The molecule has 1 saturated heterocycles. The van der Waals surface area contributed by atoms with Gasteiger partial charge in [0.15, 0.2) is 5.78 Å². The number of nitrogens with zero attached hydrogens (tertiary/aromatic N) is 1. The predicted octanol–water partition coefficient (Wildman–Crippen LogP) is 3.11. The molecular weight excluding hydrogens is 330 g/mol. The lowest BCUT2D eigenvalue weighted by Crippen LogP contribution is -2.40. The summed E-state index contributed by atoms with van der Waals surface area (Å²) < 4.78 is 0. The number of likely N-dealkylation sites (tertiary alicyclic amines) is 1. The molecule has 136 valence electrons. The van der Waals surface area contributed by atoms with Crippen molar-refractivity contribution in [3.8, 4) is 16.9 Å². The third-order valence-electron chi connectivity index (χ3n) is 4.91. The van der Waals surface area contributed by atoms with Crippen LogP contribution in [0, 0.1) is 5.92 Å². The zero-order valence-electron chi connectivity index (χ0n) is 14.8. The Hall–Kier alpha value is -2.66. The summed E-state index contributed by atoms with van der Waals surface area (Å²) in [6, 6.07) is 12.2. The molecule has 1 aliphatic rings. The van der Waals surface area contributed by atoms with Crippen LogP contribution in [-0.4, -0.2) is 46.5 Å². The van der Waals surface area contributed by atoms with Gasteiger partial charge in [-0.05, 0) is 61.1 Å². The molecule has 1 heterocycles. The van der Waals surface area contributed by atoms with Crippen molar-refractivity contribution in [3.05, 3.63) is 53.6 Å². The summed E-state index contributed by atoms with van der Waals surface area (Å²) in [7, 11) is 0. The molecule has 2 aromatic carbocycles. The van der Waals surface area contributed by atoms with E-state index < -0.39 is 0 Å². The molecule has 0 spiro atoms. The summed E-state index contributed by atoms with van der Waals surface area (Å²) >= 11 is 0. The molecule has 1 aliphatic heterocycles. The van der Waals surface area contributed by atoms with Crippen molar-refractivity contribution in [1.29, 1.82) is 0 Å². The third kappa shape index (κ3) is 3.78. The van der Waals surface area contributed by atoms with E-state index in [1.165, 1.54) is 13.0 Å². The summed E-state index contributed by atoms with van der Waals surface area (Å²) in [5.74, 6) is -0.0879. The second-order valence-electron chi connectivity index (χ2n) is 6.81. The fourth-order valence-electron chi connectivity index (χ4n) is 3.38. The highest BCUT2D eigenvalue weighted by Gasteiger charge is 2.24. The molecule has 0 aliphatic carbocycles. The molecule has 5 heteroatoms. The van der Waals surface area contributed by atoms with E-state index in [9.17, 15) is 19.8 Å². The Bertz CT molecular complexity index is 813. The molecule has 1 unspecified atom stereocenters. The summed E-state index contributed by atoms with van der Waals surface area (Å²) in [5.41, 5.74) is 2.57. The van der Waals surface area contributed by atoms with Gasteiger partial charge >= 0.3 is 0 Å². The average Bonchev–Trinajstić information content (AvgIpc) is 2.67. The van der Waals surface area contributed by atoms with E-state index in [0.717, 1.165) is 30.5 Å². The van der Waals surface area contributed by atoms with Crippen LogP contribution in [0.3, 0.4) is 0 Å². The van der Waals surface area contributed by atoms with Crippen molar-refractivity contribution in [1.82, 2.24) is 4.90 Å². The number of carbonyl (C=O) groups is 2. The second kappa shape index (κ2) is 7.70. The van der Waals surface area contributed by atoms with Crippen molar-refractivity contribution in [2.75, 3.05) is 19.7 Å². The molecule has 26 heavy (non-hydrogen) atoms. The van der Waals surface area contributed by atoms with Gasteiger partial charge in [0.25, 0.3) is 5.91 Å². The fourth-order valence-corrected chi connectivity index (χ4v) is 3.38. The van der Waals surface area contributed by atoms with Gasteiger partial charge in [0.1, 0.15) is 5.75 Å². The zero-order valence-corrected chi connectivity index (χ0v) is 14.8. The normalized spacial score (nSPS) is 17.2. The molecule has 3 rings (SSSR count). The van der Waals surface area contributed by atoms with E-state index in [1.54, 1.807) is 29.2 Å². The van der Waals surface area contributed by atoms with Crippen LogP contribution >= 0.6 is 0 Å². The van der Waals surface area contributed by atoms with E-state index in [2.05, 4.69) is 0 Å². The van der Waals surface area contributed by atoms with Gasteiger partial charge in [-0.1, -0.05) is 18.2 Å². The van der Waals surface area contributed by atoms with Gasteiger partial charge < -0.3 is 15.1 Å². The van der Waals surface area contributed by atoms with Crippen LogP contribution in [0.2, 0.25) is 0 Å². The number of hydrogen-bond donors (Lipinski definition) is 2. The number of ketones is 1. The van der Waals surface area contributed by atoms with Crippen LogP contribution in [0.5, 0.6) is 5.75 Å². The number of phenols is 1. The number of piperidine rings is 1. The first-order valence-corrected chi connectivity index (χ1v) is 8.84. The first-order valence-electron chi connectivity index (χ1n) is 8.84. The minimum atomic E-state index is -0.195. The molecule has 5 nitrogen and oxygen atoms in total. The Morgan fingerprint density at radius 3 is 2.46 bits per heavy atom. The number of hydrogen-bond acceptors (Lipinski definition) is 4. The van der Waals surface area contributed by atoms with E-state index in [1.807, 2.05) is 12.1 Å². The van der Waals surface area contributed by atoms with E-state index in [0.29, 0.717) is 12.1 Å². The lowest BCUT2D eigenvalue weighted by molar-refractivity contribution is 0.0620. The first kappa shape index (κ1) is 18.1. The Labute approximate surface area is 152 Å².